The standard InChI is InChI=1S/C21H24N2O7/c1-12-17(20(24)28-3)19(14-6-4-7-15(10-14)23(26)27)18(13(2)22-12)21(25)30-11-16-8-5-9-29-16/h4,6-7,10,16,19,22H,5,8-9,11H2,1-3H3/t16-,19+/m0/s1. The van der Waals surface area contributed by atoms with Gasteiger partial charge in [0, 0.05) is 30.1 Å². The van der Waals surface area contributed by atoms with Crippen LogP contribution in [0.5, 0.6) is 0 Å². The molecule has 2 atom stereocenters. The number of hydrogen-bond donors (Lipinski definition) is 1. The number of nitro groups is 1. The highest BCUT2D eigenvalue weighted by atomic mass is 16.6. The van der Waals surface area contributed by atoms with E-state index in [0.717, 1.165) is 12.8 Å². The lowest BCUT2D eigenvalue weighted by Crippen LogP contribution is -2.33. The Morgan fingerprint density at radius 3 is 2.53 bits per heavy atom. The number of carbonyl (C=O) groups is 2. The molecule has 160 valence electrons. The van der Waals surface area contributed by atoms with E-state index in [9.17, 15) is 19.7 Å². The molecular weight excluding hydrogens is 392 g/mol. The molecule has 0 aromatic heterocycles. The maximum absolute atomic E-state index is 13.0. The normalized spacial score (nSPS) is 21.3. The van der Waals surface area contributed by atoms with Gasteiger partial charge < -0.3 is 19.5 Å². The second kappa shape index (κ2) is 9.08. The molecule has 2 heterocycles. The molecule has 1 aromatic carbocycles. The van der Waals surface area contributed by atoms with E-state index in [1.807, 2.05) is 0 Å². The van der Waals surface area contributed by atoms with E-state index in [2.05, 4.69) is 5.32 Å². The summed E-state index contributed by atoms with van der Waals surface area (Å²) in [6, 6.07) is 5.86. The van der Waals surface area contributed by atoms with Crippen LogP contribution in [0.4, 0.5) is 5.69 Å². The van der Waals surface area contributed by atoms with Crippen LogP contribution in [0.1, 0.15) is 38.2 Å². The van der Waals surface area contributed by atoms with Gasteiger partial charge in [-0.3, -0.25) is 10.1 Å². The molecule has 3 rings (SSSR count). The van der Waals surface area contributed by atoms with Crippen molar-refractivity contribution in [2.24, 2.45) is 0 Å². The largest absolute Gasteiger partial charge is 0.466 e. The van der Waals surface area contributed by atoms with Gasteiger partial charge in [0.2, 0.25) is 0 Å². The molecule has 2 aliphatic rings. The fourth-order valence-electron chi connectivity index (χ4n) is 3.82. The van der Waals surface area contributed by atoms with Crippen LogP contribution in [0.15, 0.2) is 46.8 Å². The molecule has 0 radical (unpaired) electrons. The quantitative estimate of drug-likeness (QED) is 0.427. The summed E-state index contributed by atoms with van der Waals surface area (Å²) in [6.07, 6.45) is 1.57. The lowest BCUT2D eigenvalue weighted by atomic mass is 9.80. The molecule has 0 unspecified atom stereocenters. The molecule has 1 saturated heterocycles. The molecule has 0 saturated carbocycles. The highest BCUT2D eigenvalue weighted by molar-refractivity contribution is 5.99. The van der Waals surface area contributed by atoms with Gasteiger partial charge >= 0.3 is 11.9 Å². The predicted molar refractivity (Wildman–Crippen MR) is 106 cm³/mol. The van der Waals surface area contributed by atoms with Crippen molar-refractivity contribution in [2.75, 3.05) is 20.3 Å². The highest BCUT2D eigenvalue weighted by Crippen LogP contribution is 2.40. The molecule has 9 nitrogen and oxygen atoms in total. The summed E-state index contributed by atoms with van der Waals surface area (Å²) < 4.78 is 15.9. The van der Waals surface area contributed by atoms with Crippen molar-refractivity contribution in [3.05, 3.63) is 62.5 Å². The van der Waals surface area contributed by atoms with Crippen molar-refractivity contribution in [2.45, 2.75) is 38.7 Å². The van der Waals surface area contributed by atoms with Gasteiger partial charge in [-0.1, -0.05) is 12.1 Å². The first-order valence-electron chi connectivity index (χ1n) is 9.63. The molecule has 0 bridgehead atoms. The molecule has 1 N–H and O–H groups in total. The molecule has 1 aromatic rings. The summed E-state index contributed by atoms with van der Waals surface area (Å²) >= 11 is 0. The van der Waals surface area contributed by atoms with Crippen LogP contribution in [0.2, 0.25) is 0 Å². The Morgan fingerprint density at radius 1 is 1.23 bits per heavy atom. The third-order valence-corrected chi connectivity index (χ3v) is 5.22. The second-order valence-corrected chi connectivity index (χ2v) is 7.21. The number of ether oxygens (including phenoxy) is 3. The second-order valence-electron chi connectivity index (χ2n) is 7.21. The number of carbonyl (C=O) groups excluding carboxylic acids is 2. The van der Waals surface area contributed by atoms with Crippen LogP contribution in [-0.2, 0) is 23.8 Å². The van der Waals surface area contributed by atoms with Crippen molar-refractivity contribution in [1.29, 1.82) is 0 Å². The van der Waals surface area contributed by atoms with Gasteiger partial charge in [0.15, 0.2) is 0 Å². The molecule has 2 aliphatic heterocycles. The summed E-state index contributed by atoms with van der Waals surface area (Å²) in [5, 5.41) is 14.3. The zero-order valence-electron chi connectivity index (χ0n) is 17.1. The van der Waals surface area contributed by atoms with E-state index in [1.165, 1.54) is 25.3 Å². The average molecular weight is 416 g/mol. The molecular formula is C21H24N2O7. The van der Waals surface area contributed by atoms with Crippen LogP contribution in [0.3, 0.4) is 0 Å². The van der Waals surface area contributed by atoms with Crippen molar-refractivity contribution >= 4 is 17.6 Å². The number of benzene rings is 1. The monoisotopic (exact) mass is 416 g/mol. The summed E-state index contributed by atoms with van der Waals surface area (Å²) in [6.45, 7) is 4.13. The Kier molecular flexibility index (Phi) is 6.51. The van der Waals surface area contributed by atoms with Gasteiger partial charge in [0.25, 0.3) is 5.69 Å². The lowest BCUT2D eigenvalue weighted by molar-refractivity contribution is -0.384. The van der Waals surface area contributed by atoms with Gasteiger partial charge in [-0.15, -0.1) is 0 Å². The zero-order chi connectivity index (χ0) is 21.8. The van der Waals surface area contributed by atoms with Gasteiger partial charge in [-0.05, 0) is 32.3 Å². The van der Waals surface area contributed by atoms with Crippen LogP contribution < -0.4 is 5.32 Å². The van der Waals surface area contributed by atoms with E-state index in [-0.39, 0.29) is 29.5 Å². The number of esters is 2. The van der Waals surface area contributed by atoms with Crippen LogP contribution >= 0.6 is 0 Å². The minimum absolute atomic E-state index is 0.105. The van der Waals surface area contributed by atoms with Crippen molar-refractivity contribution in [3.8, 4) is 0 Å². The number of methoxy groups -OCH3 is 1. The van der Waals surface area contributed by atoms with Gasteiger partial charge in [-0.2, -0.15) is 0 Å². The van der Waals surface area contributed by atoms with Gasteiger partial charge in [0.05, 0.1) is 35.2 Å². The number of nitrogens with one attached hydrogen (secondary N) is 1. The summed E-state index contributed by atoms with van der Waals surface area (Å²) in [7, 11) is 1.24. The smallest absolute Gasteiger partial charge is 0.336 e. The summed E-state index contributed by atoms with van der Waals surface area (Å²) in [5.41, 5.74) is 1.71. The number of allylic oxidation sites excluding steroid dienone is 2. The molecule has 0 aliphatic carbocycles. The Labute approximate surface area is 173 Å². The zero-order valence-corrected chi connectivity index (χ0v) is 17.1. The van der Waals surface area contributed by atoms with E-state index < -0.39 is 22.8 Å². The third-order valence-electron chi connectivity index (χ3n) is 5.22. The first kappa shape index (κ1) is 21.5. The number of nitrogens with zero attached hydrogens (tertiary/aromatic N) is 1. The van der Waals surface area contributed by atoms with E-state index >= 15 is 0 Å². The molecule has 30 heavy (non-hydrogen) atoms. The van der Waals surface area contributed by atoms with Crippen molar-refractivity contribution in [3.63, 3.8) is 0 Å². The number of dihydropyridines is 1. The minimum Gasteiger partial charge on any atom is -0.466 e. The highest BCUT2D eigenvalue weighted by Gasteiger charge is 2.38. The molecule has 1 fully saturated rings. The first-order valence-corrected chi connectivity index (χ1v) is 9.63. The Hall–Kier alpha value is -3.20. The number of rotatable bonds is 6. The average Bonchev–Trinajstić information content (AvgIpc) is 3.24. The van der Waals surface area contributed by atoms with Crippen LogP contribution in [0.25, 0.3) is 0 Å². The Morgan fingerprint density at radius 2 is 1.93 bits per heavy atom. The molecule has 0 amide bonds. The summed E-state index contributed by atoms with van der Waals surface area (Å²) in [5.74, 6) is -2.11. The van der Waals surface area contributed by atoms with Gasteiger partial charge in [-0.25, -0.2) is 9.59 Å². The summed E-state index contributed by atoms with van der Waals surface area (Å²) in [4.78, 5) is 36.4. The third kappa shape index (κ3) is 4.35. The number of non-ortho nitro benzene ring substituents is 1. The van der Waals surface area contributed by atoms with Crippen LogP contribution in [-0.4, -0.2) is 43.3 Å². The Balaban J connectivity index is 2.02. The van der Waals surface area contributed by atoms with E-state index in [4.69, 9.17) is 14.2 Å². The number of hydrogen-bond acceptors (Lipinski definition) is 8. The van der Waals surface area contributed by atoms with Crippen molar-refractivity contribution in [1.82, 2.24) is 5.32 Å². The topological polar surface area (TPSA) is 117 Å². The van der Waals surface area contributed by atoms with Crippen molar-refractivity contribution < 1.29 is 28.7 Å². The number of nitro benzene ring substituents is 1. The van der Waals surface area contributed by atoms with Crippen LogP contribution in [0, 0.1) is 10.1 Å². The minimum atomic E-state index is -0.865. The molecule has 0 spiro atoms. The maximum atomic E-state index is 13.0. The van der Waals surface area contributed by atoms with E-state index in [1.54, 1.807) is 19.9 Å². The lowest BCUT2D eigenvalue weighted by Gasteiger charge is -2.30. The Bertz CT molecular complexity index is 929. The predicted octanol–water partition coefficient (Wildman–Crippen LogP) is 2.72. The fraction of sp³-hybridized carbons (Fsp3) is 0.429. The molecule has 9 heteroatoms. The maximum Gasteiger partial charge on any atom is 0.336 e. The first-order chi connectivity index (χ1) is 14.3. The van der Waals surface area contributed by atoms with Gasteiger partial charge in [0.1, 0.15) is 6.61 Å². The van der Waals surface area contributed by atoms with E-state index in [0.29, 0.717) is 23.6 Å². The fourth-order valence-corrected chi connectivity index (χ4v) is 3.82. The SMILES string of the molecule is COC(=O)C1=C(C)NC(C)=C(C(=O)OC[C@@H]2CCCO2)[C@@H]1c1cccc([N+](=O)[O-])c1.